The van der Waals surface area contributed by atoms with Gasteiger partial charge in [0.05, 0.1) is 32.9 Å². The standard InChI is InChI=1S/C26H25F2N3O3S/c1-5-30(6-2)18-10-7-16(8-11-18)22-21(23(32)25-14(3)29-15(4)35-25)24(33)26(34)31(22)20-13-17(27)9-12-19(20)28/h7-13,22,33H,5-6H2,1-4H3. The molecule has 0 bridgehead atoms. The van der Waals surface area contributed by atoms with E-state index in [9.17, 15) is 23.5 Å². The molecule has 1 N–H and O–H groups in total. The minimum atomic E-state index is -1.15. The van der Waals surface area contributed by atoms with E-state index in [0.29, 0.717) is 16.3 Å². The predicted molar refractivity (Wildman–Crippen MR) is 132 cm³/mol. The summed E-state index contributed by atoms with van der Waals surface area (Å²) in [6.07, 6.45) is 0. The van der Waals surface area contributed by atoms with E-state index in [0.717, 1.165) is 53.2 Å². The maximum Gasteiger partial charge on any atom is 0.294 e. The Hall–Kier alpha value is -3.59. The number of hydrogen-bond donors (Lipinski definition) is 1. The van der Waals surface area contributed by atoms with Gasteiger partial charge in [-0.05, 0) is 57.5 Å². The molecule has 35 heavy (non-hydrogen) atoms. The zero-order valence-corrected chi connectivity index (χ0v) is 20.6. The van der Waals surface area contributed by atoms with Gasteiger partial charge in [0.15, 0.2) is 5.76 Å². The molecule has 0 radical (unpaired) electrons. The van der Waals surface area contributed by atoms with Gasteiger partial charge in [0.1, 0.15) is 11.6 Å². The monoisotopic (exact) mass is 497 g/mol. The quantitative estimate of drug-likeness (QED) is 0.426. The number of benzene rings is 2. The van der Waals surface area contributed by atoms with E-state index in [-0.39, 0.29) is 16.1 Å². The van der Waals surface area contributed by atoms with Crippen LogP contribution in [0.3, 0.4) is 0 Å². The van der Waals surface area contributed by atoms with Gasteiger partial charge in [-0.3, -0.25) is 14.5 Å². The number of nitrogens with zero attached hydrogens (tertiary/aromatic N) is 3. The Morgan fingerprint density at radius 3 is 2.34 bits per heavy atom. The van der Waals surface area contributed by atoms with Crippen LogP contribution in [0, 0.1) is 25.5 Å². The third kappa shape index (κ3) is 4.32. The Balaban J connectivity index is 1.89. The van der Waals surface area contributed by atoms with Gasteiger partial charge in [0.2, 0.25) is 5.78 Å². The van der Waals surface area contributed by atoms with Crippen molar-refractivity contribution in [3.8, 4) is 0 Å². The van der Waals surface area contributed by atoms with Crippen LogP contribution < -0.4 is 9.80 Å². The number of ketones is 1. The van der Waals surface area contributed by atoms with Gasteiger partial charge >= 0.3 is 0 Å². The fourth-order valence-corrected chi connectivity index (χ4v) is 5.27. The molecule has 0 saturated carbocycles. The summed E-state index contributed by atoms with van der Waals surface area (Å²) in [6.45, 7) is 9.04. The zero-order valence-electron chi connectivity index (χ0n) is 19.8. The molecule has 0 saturated heterocycles. The van der Waals surface area contributed by atoms with E-state index in [1.165, 1.54) is 0 Å². The molecule has 1 aliphatic heterocycles. The molecule has 1 atom stereocenters. The number of thiazole rings is 1. The fraction of sp³-hybridized carbons (Fsp3) is 0.269. The fourth-order valence-electron chi connectivity index (χ4n) is 4.39. The van der Waals surface area contributed by atoms with Crippen molar-refractivity contribution in [2.24, 2.45) is 0 Å². The summed E-state index contributed by atoms with van der Waals surface area (Å²) < 4.78 is 28.9. The SMILES string of the molecule is CCN(CC)c1ccc(C2C(C(=O)c3sc(C)nc3C)=C(O)C(=O)N2c2cc(F)ccc2F)cc1. The highest BCUT2D eigenvalue weighted by atomic mass is 32.1. The number of aromatic nitrogens is 1. The first-order valence-electron chi connectivity index (χ1n) is 11.2. The normalized spacial score (nSPS) is 15.8. The van der Waals surface area contributed by atoms with E-state index >= 15 is 0 Å². The van der Waals surface area contributed by atoms with Gasteiger partial charge in [0.25, 0.3) is 5.91 Å². The molecule has 6 nitrogen and oxygen atoms in total. The van der Waals surface area contributed by atoms with Crippen LogP contribution in [-0.4, -0.2) is 34.9 Å². The van der Waals surface area contributed by atoms with Crippen molar-refractivity contribution in [2.75, 3.05) is 22.9 Å². The highest BCUT2D eigenvalue weighted by Crippen LogP contribution is 2.44. The third-order valence-corrected chi connectivity index (χ3v) is 7.14. The van der Waals surface area contributed by atoms with E-state index in [1.54, 1.807) is 26.0 Å². The average molecular weight is 498 g/mol. The van der Waals surface area contributed by atoms with Crippen LogP contribution in [0.1, 0.15) is 45.8 Å². The second-order valence-corrected chi connectivity index (χ2v) is 9.38. The number of carbonyl (C=O) groups is 2. The average Bonchev–Trinajstić information content (AvgIpc) is 3.31. The number of halogens is 2. The maximum absolute atomic E-state index is 14.8. The van der Waals surface area contributed by atoms with Crippen LogP contribution in [0.15, 0.2) is 53.8 Å². The van der Waals surface area contributed by atoms with E-state index in [4.69, 9.17) is 0 Å². The molecule has 1 unspecified atom stereocenters. The summed E-state index contributed by atoms with van der Waals surface area (Å²) in [6, 6.07) is 8.71. The van der Waals surface area contributed by atoms with Crippen LogP contribution in [0.5, 0.6) is 0 Å². The minimum absolute atomic E-state index is 0.194. The first-order valence-corrected chi connectivity index (χ1v) is 12.0. The van der Waals surface area contributed by atoms with Gasteiger partial charge in [-0.25, -0.2) is 13.8 Å². The Kier molecular flexibility index (Phi) is 6.71. The number of rotatable bonds is 7. The summed E-state index contributed by atoms with van der Waals surface area (Å²) in [5, 5.41) is 11.5. The molecule has 1 aliphatic rings. The molecule has 4 rings (SSSR count). The lowest BCUT2D eigenvalue weighted by Gasteiger charge is -2.28. The summed E-state index contributed by atoms with van der Waals surface area (Å²) in [7, 11) is 0. The lowest BCUT2D eigenvalue weighted by atomic mass is 9.94. The highest BCUT2D eigenvalue weighted by molar-refractivity contribution is 7.14. The molecule has 0 aliphatic carbocycles. The first-order chi connectivity index (χ1) is 16.7. The third-order valence-electron chi connectivity index (χ3n) is 6.07. The largest absolute Gasteiger partial charge is 0.503 e. The van der Waals surface area contributed by atoms with E-state index < -0.39 is 35.1 Å². The summed E-state index contributed by atoms with van der Waals surface area (Å²) >= 11 is 1.15. The van der Waals surface area contributed by atoms with Gasteiger partial charge < -0.3 is 10.0 Å². The lowest BCUT2D eigenvalue weighted by Crippen LogP contribution is -2.32. The number of anilines is 2. The molecule has 0 fully saturated rings. The lowest BCUT2D eigenvalue weighted by molar-refractivity contribution is -0.117. The highest BCUT2D eigenvalue weighted by Gasteiger charge is 2.46. The second-order valence-electron chi connectivity index (χ2n) is 8.18. The number of amides is 1. The van der Waals surface area contributed by atoms with Crippen molar-refractivity contribution < 1.29 is 23.5 Å². The number of hydrogen-bond acceptors (Lipinski definition) is 6. The van der Waals surface area contributed by atoms with E-state index in [2.05, 4.69) is 9.88 Å². The number of aryl methyl sites for hydroxylation is 2. The van der Waals surface area contributed by atoms with E-state index in [1.807, 2.05) is 26.0 Å². The van der Waals surface area contributed by atoms with Crippen LogP contribution in [-0.2, 0) is 4.79 Å². The Labute approximate surface area is 206 Å². The van der Waals surface area contributed by atoms with Crippen molar-refractivity contribution in [3.05, 3.63) is 86.6 Å². The predicted octanol–water partition coefficient (Wildman–Crippen LogP) is 5.67. The van der Waals surface area contributed by atoms with Gasteiger partial charge in [0, 0.05) is 24.8 Å². The minimum Gasteiger partial charge on any atom is -0.503 e. The topological polar surface area (TPSA) is 73.7 Å². The van der Waals surface area contributed by atoms with Crippen molar-refractivity contribution in [2.45, 2.75) is 33.7 Å². The first kappa shape index (κ1) is 24.5. The van der Waals surface area contributed by atoms with Crippen LogP contribution in [0.2, 0.25) is 0 Å². The molecule has 1 amide bonds. The Morgan fingerprint density at radius 2 is 1.77 bits per heavy atom. The van der Waals surface area contributed by atoms with Crippen LogP contribution in [0.4, 0.5) is 20.2 Å². The Bertz CT molecular complexity index is 1330. The number of carbonyl (C=O) groups excluding carboxylic acids is 2. The van der Waals surface area contributed by atoms with Crippen LogP contribution in [0.25, 0.3) is 0 Å². The van der Waals surface area contributed by atoms with Gasteiger partial charge in [-0.2, -0.15) is 0 Å². The van der Waals surface area contributed by atoms with Crippen molar-refractivity contribution >= 4 is 34.4 Å². The number of aliphatic hydroxyl groups is 1. The molecule has 2 aromatic carbocycles. The van der Waals surface area contributed by atoms with Crippen LogP contribution >= 0.6 is 11.3 Å². The van der Waals surface area contributed by atoms with Gasteiger partial charge in [-0.1, -0.05) is 12.1 Å². The molecule has 3 aromatic rings. The summed E-state index contributed by atoms with van der Waals surface area (Å²) in [4.78, 5) is 34.4. The number of Topliss-reactive ketones (excluding diaryl/α,β-unsaturated/α-hetero) is 1. The number of aliphatic hydroxyl groups excluding tert-OH is 1. The second kappa shape index (κ2) is 9.58. The molecule has 9 heteroatoms. The molecule has 2 heterocycles. The molecular weight excluding hydrogens is 472 g/mol. The molecular formula is C26H25F2N3O3S. The van der Waals surface area contributed by atoms with Crippen molar-refractivity contribution in [1.82, 2.24) is 4.98 Å². The van der Waals surface area contributed by atoms with Crippen molar-refractivity contribution in [3.63, 3.8) is 0 Å². The molecule has 0 spiro atoms. The zero-order chi connectivity index (χ0) is 25.4. The summed E-state index contributed by atoms with van der Waals surface area (Å²) in [5.74, 6) is -3.94. The maximum atomic E-state index is 14.8. The molecule has 1 aromatic heterocycles. The smallest absolute Gasteiger partial charge is 0.294 e. The summed E-state index contributed by atoms with van der Waals surface area (Å²) in [5.41, 5.74) is 1.32. The van der Waals surface area contributed by atoms with Gasteiger partial charge in [-0.15, -0.1) is 11.3 Å². The van der Waals surface area contributed by atoms with Crippen molar-refractivity contribution in [1.29, 1.82) is 0 Å². The molecule has 182 valence electrons. The Morgan fingerprint density at radius 1 is 1.11 bits per heavy atom.